The molecule has 3 aliphatic heterocycles. The molecule has 0 unspecified atom stereocenters. The molecule has 0 radical (unpaired) electrons. The van der Waals surface area contributed by atoms with Crippen LogP contribution in [0.3, 0.4) is 0 Å². The fourth-order valence-electron chi connectivity index (χ4n) is 5.01. The number of oxazole rings is 2. The van der Waals surface area contributed by atoms with E-state index < -0.39 is 21.1 Å². The Kier molecular flexibility index (Phi) is 13.1. The standard InChI is InChI=1S/C13H17BN2O3.C12H24B2O4.C7H5BrN2O.3CH4/c1-12(2)13(3,4)19-14(18-12)8-5-6-10-9(7-8)16-11(15)17-10;1-9(2)10(3,4)16-13(15-9)14-17-11(5,6)12(7,8)18-14;8-4-1-2-6-5(3-4)10-7(9)11-6;;;/h5-7H,1-4H3,(H2,15,16);1-8H3;1-3H,(H2,9,10);3*1H4. The summed E-state index contributed by atoms with van der Waals surface area (Å²) in [7, 11) is -1.35. The van der Waals surface area contributed by atoms with E-state index in [1.54, 1.807) is 0 Å². The quantitative estimate of drug-likeness (QED) is 0.189. The molecule has 5 heterocycles. The largest absolute Gasteiger partial charge is 0.494 e. The van der Waals surface area contributed by atoms with E-state index in [1.807, 2.05) is 119 Å². The number of benzene rings is 2. The first-order valence-electron chi connectivity index (χ1n) is 16.0. The molecule has 3 aliphatic rings. The van der Waals surface area contributed by atoms with E-state index in [2.05, 4.69) is 25.9 Å². The van der Waals surface area contributed by atoms with Gasteiger partial charge in [0.1, 0.15) is 11.0 Å². The monoisotopic (exact) mass is 774 g/mol. The normalized spacial score (nSPS) is 21.5. The van der Waals surface area contributed by atoms with Crippen LogP contribution in [0.25, 0.3) is 22.2 Å². The third-order valence-electron chi connectivity index (χ3n) is 10.1. The molecule has 3 fully saturated rings. The number of nitrogens with zero attached hydrogens (tertiary/aromatic N) is 2. The van der Waals surface area contributed by atoms with Crippen LogP contribution in [-0.4, -0.2) is 64.7 Å². The fourth-order valence-corrected chi connectivity index (χ4v) is 5.35. The van der Waals surface area contributed by atoms with Crippen LogP contribution in [0.5, 0.6) is 0 Å². The maximum Gasteiger partial charge on any atom is 0.494 e. The highest BCUT2D eigenvalue weighted by Gasteiger charge is 2.63. The van der Waals surface area contributed by atoms with Gasteiger partial charge in [0.05, 0.1) is 33.6 Å². The molecule has 282 valence electrons. The van der Waals surface area contributed by atoms with Crippen molar-refractivity contribution in [2.45, 2.75) is 139 Å². The van der Waals surface area contributed by atoms with Gasteiger partial charge in [-0.15, -0.1) is 0 Å². The third-order valence-corrected chi connectivity index (χ3v) is 10.6. The summed E-state index contributed by atoms with van der Waals surface area (Å²) < 4.78 is 47.1. The summed E-state index contributed by atoms with van der Waals surface area (Å²) in [6.07, 6.45) is 0. The number of anilines is 2. The molecule has 0 saturated carbocycles. The molecule has 12 nitrogen and oxygen atoms in total. The van der Waals surface area contributed by atoms with Crippen LogP contribution in [0.2, 0.25) is 0 Å². The minimum Gasteiger partial charge on any atom is -0.424 e. The Balaban J connectivity index is 0.000000266. The molecule has 2 aromatic carbocycles. The lowest BCUT2D eigenvalue weighted by atomic mass is 9.49. The van der Waals surface area contributed by atoms with E-state index in [0.29, 0.717) is 16.7 Å². The Morgan fingerprint density at radius 2 is 0.843 bits per heavy atom. The second-order valence-electron chi connectivity index (χ2n) is 15.3. The van der Waals surface area contributed by atoms with Gasteiger partial charge in [-0.2, -0.15) is 9.97 Å². The molecule has 0 amide bonds. The van der Waals surface area contributed by atoms with Crippen LogP contribution in [0.4, 0.5) is 12.0 Å². The first-order valence-corrected chi connectivity index (χ1v) is 16.8. The predicted molar refractivity (Wildman–Crippen MR) is 213 cm³/mol. The molecule has 2 aromatic heterocycles. The summed E-state index contributed by atoms with van der Waals surface area (Å²) in [5, 5.41) is 0. The van der Waals surface area contributed by atoms with Crippen molar-refractivity contribution in [1.29, 1.82) is 0 Å². The second kappa shape index (κ2) is 15.0. The van der Waals surface area contributed by atoms with Crippen molar-refractivity contribution < 1.29 is 36.8 Å². The molecule has 0 atom stereocenters. The number of halogens is 1. The van der Waals surface area contributed by atoms with Crippen LogP contribution in [0, 0.1) is 0 Å². The van der Waals surface area contributed by atoms with Gasteiger partial charge in [-0.25, -0.2) is 0 Å². The lowest BCUT2D eigenvalue weighted by Gasteiger charge is -2.32. The predicted octanol–water partition coefficient (Wildman–Crippen LogP) is 8.04. The fraction of sp³-hybridized carbons (Fsp3) is 0.600. The summed E-state index contributed by atoms with van der Waals surface area (Å²) >= 11 is 3.32. The van der Waals surface area contributed by atoms with Crippen molar-refractivity contribution in [3.8, 4) is 0 Å². The van der Waals surface area contributed by atoms with Crippen LogP contribution in [0.1, 0.15) is 105 Å². The van der Waals surface area contributed by atoms with Gasteiger partial charge in [-0.05, 0) is 119 Å². The molecule has 0 bridgehead atoms. The highest BCUT2D eigenvalue weighted by atomic mass is 79.9. The Bertz CT molecular complexity index is 1710. The smallest absolute Gasteiger partial charge is 0.424 e. The summed E-state index contributed by atoms with van der Waals surface area (Å²) in [6, 6.07) is 11.6. The number of hydrogen-bond acceptors (Lipinski definition) is 12. The van der Waals surface area contributed by atoms with Crippen LogP contribution < -0.4 is 16.9 Å². The number of nitrogen functional groups attached to an aromatic ring is 2. The molecule has 16 heteroatoms. The minimum atomic E-state index is -0.476. The van der Waals surface area contributed by atoms with Crippen molar-refractivity contribution in [1.82, 2.24) is 9.97 Å². The third kappa shape index (κ3) is 8.97. The van der Waals surface area contributed by atoms with Gasteiger partial charge in [-0.1, -0.05) is 44.3 Å². The first kappa shape index (κ1) is 44.6. The van der Waals surface area contributed by atoms with E-state index in [4.69, 9.17) is 48.2 Å². The molecule has 51 heavy (non-hydrogen) atoms. The summed E-state index contributed by atoms with van der Waals surface area (Å²) in [6.45, 7) is 24.3. The van der Waals surface area contributed by atoms with Crippen LogP contribution >= 0.6 is 15.9 Å². The van der Waals surface area contributed by atoms with Crippen molar-refractivity contribution in [2.75, 3.05) is 11.5 Å². The molecular weight excluding hydrogens is 717 g/mol. The average molecular weight is 775 g/mol. The molecule has 0 aliphatic carbocycles. The van der Waals surface area contributed by atoms with Gasteiger partial charge in [0, 0.05) is 4.47 Å². The minimum absolute atomic E-state index is 0. The zero-order valence-corrected chi connectivity index (χ0v) is 31.5. The van der Waals surface area contributed by atoms with Gasteiger partial charge in [0.2, 0.25) is 0 Å². The van der Waals surface area contributed by atoms with E-state index in [-0.39, 0.29) is 67.9 Å². The number of hydrogen-bond donors (Lipinski definition) is 2. The Hall–Kier alpha value is -2.59. The first-order chi connectivity index (χ1) is 21.9. The molecule has 0 spiro atoms. The van der Waals surface area contributed by atoms with Crippen LogP contribution in [0.15, 0.2) is 49.7 Å². The van der Waals surface area contributed by atoms with Gasteiger partial charge in [0.15, 0.2) is 11.2 Å². The van der Waals surface area contributed by atoms with E-state index in [0.717, 1.165) is 15.5 Å². The second-order valence-corrected chi connectivity index (χ2v) is 16.2. The molecule has 4 aromatic rings. The molecule has 7 rings (SSSR count). The Morgan fingerprint density at radius 1 is 0.510 bits per heavy atom. The van der Waals surface area contributed by atoms with E-state index in [1.165, 1.54) is 0 Å². The number of fused-ring (bicyclic) bond motifs is 2. The van der Waals surface area contributed by atoms with Gasteiger partial charge in [-0.3, -0.25) is 0 Å². The lowest BCUT2D eigenvalue weighted by molar-refractivity contribution is 0.00578. The number of rotatable bonds is 2. The van der Waals surface area contributed by atoms with Crippen LogP contribution in [-0.2, 0) is 27.9 Å². The van der Waals surface area contributed by atoms with Gasteiger partial charge >= 0.3 is 21.1 Å². The number of aromatic nitrogens is 2. The lowest BCUT2D eigenvalue weighted by Crippen LogP contribution is -2.41. The Morgan fingerprint density at radius 3 is 1.24 bits per heavy atom. The highest BCUT2D eigenvalue weighted by Crippen LogP contribution is 2.43. The topological polar surface area (TPSA) is 159 Å². The van der Waals surface area contributed by atoms with E-state index in [9.17, 15) is 0 Å². The van der Waals surface area contributed by atoms with Gasteiger partial charge < -0.3 is 48.2 Å². The maximum absolute atomic E-state index is 5.99. The van der Waals surface area contributed by atoms with E-state index >= 15 is 0 Å². The highest BCUT2D eigenvalue weighted by molar-refractivity contribution is 9.10. The molecule has 4 N–H and O–H groups in total. The summed E-state index contributed by atoms with van der Waals surface area (Å²) in [5.74, 6) is 0. The summed E-state index contributed by atoms with van der Waals surface area (Å²) in [5.41, 5.74) is 12.5. The van der Waals surface area contributed by atoms with Crippen molar-refractivity contribution >= 4 is 76.8 Å². The summed E-state index contributed by atoms with van der Waals surface area (Å²) in [4.78, 5) is 8.07. The van der Waals surface area contributed by atoms with Crippen molar-refractivity contribution in [2.24, 2.45) is 0 Å². The van der Waals surface area contributed by atoms with Crippen molar-refractivity contribution in [3.05, 3.63) is 40.9 Å². The zero-order valence-electron chi connectivity index (χ0n) is 29.9. The molecule has 3 saturated heterocycles. The van der Waals surface area contributed by atoms with Crippen molar-refractivity contribution in [3.63, 3.8) is 0 Å². The SMILES string of the molecule is C.C.C.CC1(C)OB(B2OC(C)(C)C(C)(C)O2)OC1(C)C.CC1(C)OB(c2ccc3oc(N)nc3c2)OC1(C)C.Nc1nc2cc(Br)ccc2o1. The zero-order chi connectivity index (χ0) is 35.7. The number of nitrogens with two attached hydrogens (primary N) is 2. The molecular formula is C35H58B3BrN4O8. The Labute approximate surface area is 313 Å². The van der Waals surface area contributed by atoms with Gasteiger partial charge in [0.25, 0.3) is 12.0 Å². The average Bonchev–Trinajstić information content (AvgIpc) is 3.66. The maximum atomic E-state index is 5.99.